The molecule has 1 aromatic rings. The Morgan fingerprint density at radius 2 is 1.67 bits per heavy atom. The molecule has 0 fully saturated rings. The minimum Gasteiger partial charge on any atom is -0.813 e. The van der Waals surface area contributed by atoms with Crippen molar-refractivity contribution in [2.75, 3.05) is 10.6 Å². The number of anilines is 2. The smallest absolute Gasteiger partial charge is 0.813 e. The molecular formula is C10H5F7N3NaO3. The van der Waals surface area contributed by atoms with Crippen LogP contribution >= 0.6 is 0 Å². The summed E-state index contributed by atoms with van der Waals surface area (Å²) >= 11 is 0. The van der Waals surface area contributed by atoms with E-state index in [4.69, 9.17) is 0 Å². The Hall–Kier alpha value is -1.31. The Balaban J connectivity index is 0.00000288. The number of nitro groups is 1. The summed E-state index contributed by atoms with van der Waals surface area (Å²) in [7, 11) is 0. The number of nitro benzene ring substituents is 1. The van der Waals surface area contributed by atoms with E-state index in [1.807, 2.05) is 0 Å². The summed E-state index contributed by atoms with van der Waals surface area (Å²) in [6.07, 6.45) is -9.55. The fourth-order valence-electron chi connectivity index (χ4n) is 1.88. The minimum atomic E-state index is -5.27. The summed E-state index contributed by atoms with van der Waals surface area (Å²) < 4.78 is 89.1. The van der Waals surface area contributed by atoms with E-state index < -0.39 is 51.9 Å². The van der Waals surface area contributed by atoms with Gasteiger partial charge in [-0.2, -0.15) is 22.0 Å². The van der Waals surface area contributed by atoms with Gasteiger partial charge in [0.05, 0.1) is 16.2 Å². The van der Waals surface area contributed by atoms with E-state index in [1.54, 1.807) is 0 Å². The predicted molar refractivity (Wildman–Crippen MR) is 59.0 cm³/mol. The van der Waals surface area contributed by atoms with Gasteiger partial charge in [-0.3, -0.25) is 10.1 Å². The third kappa shape index (κ3) is 3.25. The van der Waals surface area contributed by atoms with Crippen molar-refractivity contribution in [3.05, 3.63) is 27.8 Å². The Morgan fingerprint density at radius 1 is 1.12 bits per heavy atom. The summed E-state index contributed by atoms with van der Waals surface area (Å²) in [6, 6.07) is 0.135. The third-order valence-corrected chi connectivity index (χ3v) is 3.00. The van der Waals surface area contributed by atoms with Gasteiger partial charge in [0.25, 0.3) is 5.69 Å². The van der Waals surface area contributed by atoms with Gasteiger partial charge in [0.1, 0.15) is 11.5 Å². The number of rotatable bonds is 3. The number of fused-ring (bicyclic) bond motifs is 1. The Kier molecular flexibility index (Phi) is 5.36. The van der Waals surface area contributed by atoms with Crippen LogP contribution in [0, 0.1) is 10.1 Å². The topological polar surface area (TPSA) is 90.3 Å². The molecule has 0 bridgehead atoms. The standard InChI is InChI=1S/C10H5F7N3O3.Na/c11-7(12)8(13,14)10(21)18-4-1-3(9(15,16)17)2-5(20(22)23)6(4)19-10;/h1-2,7,18-19H;/q-1;+1. The van der Waals surface area contributed by atoms with Gasteiger partial charge < -0.3 is 15.7 Å². The van der Waals surface area contributed by atoms with Crippen LogP contribution in [0.2, 0.25) is 0 Å². The van der Waals surface area contributed by atoms with Crippen LogP contribution in [0.25, 0.3) is 0 Å². The van der Waals surface area contributed by atoms with Crippen LogP contribution < -0.4 is 45.3 Å². The van der Waals surface area contributed by atoms with Crippen LogP contribution in [-0.4, -0.2) is 23.1 Å². The van der Waals surface area contributed by atoms with E-state index in [2.05, 4.69) is 0 Å². The summed E-state index contributed by atoms with van der Waals surface area (Å²) in [5, 5.41) is 25.1. The van der Waals surface area contributed by atoms with Crippen LogP contribution in [-0.2, 0) is 6.18 Å². The van der Waals surface area contributed by atoms with Crippen molar-refractivity contribution in [2.24, 2.45) is 0 Å². The maximum Gasteiger partial charge on any atom is 1.00 e. The quantitative estimate of drug-likeness (QED) is 0.320. The van der Waals surface area contributed by atoms with Gasteiger partial charge in [0.15, 0.2) is 0 Å². The van der Waals surface area contributed by atoms with Crippen LogP contribution in [0.15, 0.2) is 12.1 Å². The largest absolute Gasteiger partial charge is 1.00 e. The van der Waals surface area contributed by atoms with Gasteiger partial charge in [-0.25, -0.2) is 8.78 Å². The zero-order chi connectivity index (χ0) is 17.8. The van der Waals surface area contributed by atoms with Gasteiger partial charge in [0, 0.05) is 6.07 Å². The molecule has 0 saturated carbocycles. The maximum atomic E-state index is 13.3. The minimum absolute atomic E-state index is 0. The second-order valence-corrected chi connectivity index (χ2v) is 4.53. The van der Waals surface area contributed by atoms with E-state index in [-0.39, 0.29) is 41.7 Å². The molecule has 0 saturated heterocycles. The molecule has 0 aromatic heterocycles. The normalized spacial score (nSPS) is 20.0. The van der Waals surface area contributed by atoms with Crippen molar-refractivity contribution in [2.45, 2.75) is 24.4 Å². The van der Waals surface area contributed by atoms with Gasteiger partial charge in [-0.05, 0) is 6.07 Å². The molecule has 2 N–H and O–H groups in total. The zero-order valence-corrected chi connectivity index (χ0v) is 13.5. The average molecular weight is 371 g/mol. The van der Waals surface area contributed by atoms with Gasteiger partial charge in [-0.15, -0.1) is 0 Å². The number of hydrogen-bond acceptors (Lipinski definition) is 5. The summed E-state index contributed by atoms with van der Waals surface area (Å²) in [4.78, 5) is 9.40. The summed E-state index contributed by atoms with van der Waals surface area (Å²) in [5.74, 6) is -9.41. The number of nitrogens with one attached hydrogen (secondary N) is 2. The number of hydrogen-bond donors (Lipinski definition) is 2. The van der Waals surface area contributed by atoms with Gasteiger partial charge in [-0.1, -0.05) is 0 Å². The molecule has 14 heteroatoms. The second-order valence-electron chi connectivity index (χ2n) is 4.53. The molecule has 0 amide bonds. The van der Waals surface area contributed by atoms with Crippen molar-refractivity contribution >= 4 is 17.1 Å². The maximum absolute atomic E-state index is 13.3. The molecule has 1 unspecified atom stereocenters. The molecule has 1 aliphatic heterocycles. The molecule has 2 rings (SSSR count). The molecule has 6 nitrogen and oxygen atoms in total. The fourth-order valence-corrected chi connectivity index (χ4v) is 1.88. The number of nitrogens with zero attached hydrogens (tertiary/aromatic N) is 1. The first kappa shape index (κ1) is 20.7. The van der Waals surface area contributed by atoms with Crippen molar-refractivity contribution in [1.82, 2.24) is 0 Å². The van der Waals surface area contributed by atoms with E-state index in [0.717, 1.165) is 0 Å². The molecule has 1 atom stereocenters. The molecule has 24 heavy (non-hydrogen) atoms. The zero-order valence-electron chi connectivity index (χ0n) is 11.5. The first-order valence-corrected chi connectivity index (χ1v) is 5.62. The second kappa shape index (κ2) is 6.20. The molecular weight excluding hydrogens is 366 g/mol. The molecule has 0 aliphatic carbocycles. The first-order chi connectivity index (χ1) is 10.3. The van der Waals surface area contributed by atoms with Crippen molar-refractivity contribution in [3.8, 4) is 0 Å². The monoisotopic (exact) mass is 371 g/mol. The van der Waals surface area contributed by atoms with Gasteiger partial charge >= 0.3 is 48.1 Å². The number of benzene rings is 1. The summed E-state index contributed by atoms with van der Waals surface area (Å²) in [5.41, 5.74) is -5.02. The SMILES string of the molecule is O=[N+]([O-])c1cc(C(F)(F)F)cc2c1NC([O-])(C(F)(F)C(F)F)N2.[Na+]. The van der Waals surface area contributed by atoms with E-state index in [1.165, 1.54) is 10.6 Å². The fraction of sp³-hybridized carbons (Fsp3) is 0.400. The Labute approximate surface area is 150 Å². The van der Waals surface area contributed by atoms with Crippen LogP contribution in [0.5, 0.6) is 0 Å². The van der Waals surface area contributed by atoms with Crippen LogP contribution in [0.3, 0.4) is 0 Å². The van der Waals surface area contributed by atoms with E-state index in [9.17, 15) is 46.0 Å². The Bertz CT molecular complexity index is 670. The molecule has 0 radical (unpaired) electrons. The van der Waals surface area contributed by atoms with Crippen LogP contribution in [0.1, 0.15) is 5.56 Å². The van der Waals surface area contributed by atoms with E-state index >= 15 is 0 Å². The third-order valence-electron chi connectivity index (χ3n) is 3.00. The van der Waals surface area contributed by atoms with Crippen LogP contribution in [0.4, 0.5) is 47.8 Å². The van der Waals surface area contributed by atoms with Crippen molar-refractivity contribution < 1.29 is 70.3 Å². The molecule has 1 aromatic carbocycles. The van der Waals surface area contributed by atoms with E-state index in [0.29, 0.717) is 0 Å². The average Bonchev–Trinajstić information content (AvgIpc) is 2.73. The van der Waals surface area contributed by atoms with Crippen molar-refractivity contribution in [3.63, 3.8) is 0 Å². The number of alkyl halides is 7. The number of halogens is 7. The molecule has 0 spiro atoms. The van der Waals surface area contributed by atoms with Gasteiger partial charge in [0.2, 0.25) is 0 Å². The summed E-state index contributed by atoms with van der Waals surface area (Å²) in [6.45, 7) is 0. The molecule has 1 heterocycles. The van der Waals surface area contributed by atoms with Crippen molar-refractivity contribution in [1.29, 1.82) is 0 Å². The first-order valence-electron chi connectivity index (χ1n) is 5.62. The Morgan fingerprint density at radius 3 is 2.08 bits per heavy atom. The molecule has 1 aliphatic rings. The molecule has 128 valence electrons. The predicted octanol–water partition coefficient (Wildman–Crippen LogP) is -0.631.